The number of aromatic nitrogens is 1. The van der Waals surface area contributed by atoms with E-state index in [-0.39, 0.29) is 38.5 Å². The molecule has 4 aromatic rings. The number of ether oxygens (including phenoxy) is 2. The molecule has 0 saturated heterocycles. The third-order valence-corrected chi connectivity index (χ3v) is 9.17. The standard InChI is InChI=1S/C33H34ClF2N3O4S/c1-33(2,3)43-32(41)38-26-17-20(14-15-37-26)19-10-13-25(42-4)21(16-19)18-39(22-8-6-5-7-9-22)31(40)30-28(34)27-23(35)11-12-24(36)29(27)44-30/h10-17,22H,5-9,18H2,1-4H3,(H,37,38,41). The topological polar surface area (TPSA) is 80.8 Å². The molecule has 2 aromatic heterocycles. The quantitative estimate of drug-likeness (QED) is 0.218. The smallest absolute Gasteiger partial charge is 0.413 e. The second-order valence-corrected chi connectivity index (χ2v) is 13.2. The molecule has 0 radical (unpaired) electrons. The van der Waals surface area contributed by atoms with Crippen LogP contribution < -0.4 is 10.1 Å². The van der Waals surface area contributed by atoms with Crippen molar-refractivity contribution in [3.63, 3.8) is 0 Å². The molecule has 5 rings (SSSR count). The molecule has 1 N–H and O–H groups in total. The van der Waals surface area contributed by atoms with E-state index in [0.717, 1.165) is 72.3 Å². The number of pyridine rings is 1. The molecule has 0 atom stereocenters. The number of anilines is 1. The van der Waals surface area contributed by atoms with E-state index < -0.39 is 23.3 Å². The van der Waals surface area contributed by atoms with E-state index in [0.29, 0.717) is 11.6 Å². The molecule has 0 bridgehead atoms. The van der Waals surface area contributed by atoms with Gasteiger partial charge in [-0.1, -0.05) is 36.9 Å². The number of benzene rings is 2. The highest BCUT2D eigenvalue weighted by Gasteiger charge is 2.31. The zero-order chi connectivity index (χ0) is 31.6. The first-order valence-corrected chi connectivity index (χ1v) is 15.6. The van der Waals surface area contributed by atoms with Crippen LogP contribution in [0.25, 0.3) is 21.2 Å². The van der Waals surface area contributed by atoms with Gasteiger partial charge in [-0.2, -0.15) is 0 Å². The molecule has 2 amide bonds. The fourth-order valence-corrected chi connectivity index (χ4v) is 6.98. The summed E-state index contributed by atoms with van der Waals surface area (Å²) >= 11 is 7.43. The molecule has 0 aliphatic heterocycles. The third kappa shape index (κ3) is 6.97. The zero-order valence-corrected chi connectivity index (χ0v) is 26.6. The van der Waals surface area contributed by atoms with Crippen molar-refractivity contribution in [3.05, 3.63) is 75.8 Å². The number of hydrogen-bond donors (Lipinski definition) is 1. The maximum Gasteiger partial charge on any atom is 0.413 e. The second-order valence-electron chi connectivity index (χ2n) is 11.8. The lowest BCUT2D eigenvalue weighted by molar-refractivity contribution is 0.0614. The molecule has 0 unspecified atom stereocenters. The Labute approximate surface area is 264 Å². The van der Waals surface area contributed by atoms with E-state index in [9.17, 15) is 18.4 Å². The minimum Gasteiger partial charge on any atom is -0.496 e. The Kier molecular flexibility index (Phi) is 9.41. The molecule has 1 aliphatic carbocycles. The Morgan fingerprint density at radius 3 is 2.43 bits per heavy atom. The average molecular weight is 642 g/mol. The van der Waals surface area contributed by atoms with E-state index in [1.807, 2.05) is 24.3 Å². The average Bonchev–Trinajstić information content (AvgIpc) is 3.35. The van der Waals surface area contributed by atoms with Crippen LogP contribution in [0.5, 0.6) is 5.75 Å². The van der Waals surface area contributed by atoms with Gasteiger partial charge in [-0.3, -0.25) is 10.1 Å². The van der Waals surface area contributed by atoms with Gasteiger partial charge in [0.2, 0.25) is 0 Å². The van der Waals surface area contributed by atoms with Gasteiger partial charge in [-0.25, -0.2) is 18.6 Å². The summed E-state index contributed by atoms with van der Waals surface area (Å²) in [5.41, 5.74) is 1.69. The van der Waals surface area contributed by atoms with Crippen LogP contribution in [0.2, 0.25) is 5.02 Å². The third-order valence-electron chi connectivity index (χ3n) is 7.50. The number of hydrogen-bond acceptors (Lipinski definition) is 6. The molecule has 2 aromatic carbocycles. The van der Waals surface area contributed by atoms with Gasteiger partial charge in [-0.15, -0.1) is 11.3 Å². The van der Waals surface area contributed by atoms with Crippen molar-refractivity contribution in [3.8, 4) is 16.9 Å². The first-order valence-electron chi connectivity index (χ1n) is 14.5. The lowest BCUT2D eigenvalue weighted by atomic mass is 9.93. The minimum atomic E-state index is -0.668. The molecule has 1 saturated carbocycles. The van der Waals surface area contributed by atoms with Crippen molar-refractivity contribution in [2.75, 3.05) is 12.4 Å². The number of nitrogens with zero attached hydrogens (tertiary/aromatic N) is 2. The van der Waals surface area contributed by atoms with Gasteiger partial charge in [0.25, 0.3) is 5.91 Å². The van der Waals surface area contributed by atoms with Crippen LogP contribution in [0.3, 0.4) is 0 Å². The highest BCUT2D eigenvalue weighted by molar-refractivity contribution is 7.21. The molecule has 7 nitrogen and oxygen atoms in total. The summed E-state index contributed by atoms with van der Waals surface area (Å²) in [5, 5.41) is 2.52. The number of carbonyl (C=O) groups excluding carboxylic acids is 2. The molecule has 0 spiro atoms. The summed E-state index contributed by atoms with van der Waals surface area (Å²) in [6.45, 7) is 5.54. The monoisotopic (exact) mass is 641 g/mol. The minimum absolute atomic E-state index is 0.0232. The Morgan fingerprint density at radius 1 is 1.05 bits per heavy atom. The molecule has 1 fully saturated rings. The van der Waals surface area contributed by atoms with Gasteiger partial charge in [0, 0.05) is 24.3 Å². The van der Waals surface area contributed by atoms with Crippen molar-refractivity contribution in [2.24, 2.45) is 0 Å². The fraction of sp³-hybridized carbons (Fsp3) is 0.364. The summed E-state index contributed by atoms with van der Waals surface area (Å²) in [6.07, 6.45) is 5.62. The predicted octanol–water partition coefficient (Wildman–Crippen LogP) is 9.23. The van der Waals surface area contributed by atoms with Crippen LogP contribution in [0.1, 0.15) is 68.1 Å². The number of methoxy groups -OCH3 is 1. The molecular weight excluding hydrogens is 608 g/mol. The van der Waals surface area contributed by atoms with Crippen molar-refractivity contribution >= 4 is 50.8 Å². The van der Waals surface area contributed by atoms with Crippen LogP contribution in [0.15, 0.2) is 48.7 Å². The SMILES string of the molecule is COc1ccc(-c2ccnc(NC(=O)OC(C)(C)C)c2)cc1CN(C(=O)c1sc2c(F)ccc(F)c2c1Cl)C1CCCCC1. The van der Waals surface area contributed by atoms with Crippen LogP contribution in [0.4, 0.5) is 19.4 Å². The van der Waals surface area contributed by atoms with Crippen molar-refractivity contribution in [1.82, 2.24) is 9.88 Å². The van der Waals surface area contributed by atoms with Gasteiger partial charge >= 0.3 is 6.09 Å². The number of fused-ring (bicyclic) bond motifs is 1. The van der Waals surface area contributed by atoms with Crippen LogP contribution in [0, 0.1) is 11.6 Å². The van der Waals surface area contributed by atoms with E-state index in [2.05, 4.69) is 10.3 Å². The van der Waals surface area contributed by atoms with Crippen LogP contribution in [-0.2, 0) is 11.3 Å². The first-order chi connectivity index (χ1) is 20.9. The number of carbonyl (C=O) groups is 2. The van der Waals surface area contributed by atoms with Crippen LogP contribution in [-0.4, -0.2) is 40.6 Å². The maximum absolute atomic E-state index is 14.7. The predicted molar refractivity (Wildman–Crippen MR) is 170 cm³/mol. The Morgan fingerprint density at radius 2 is 1.75 bits per heavy atom. The highest BCUT2D eigenvalue weighted by Crippen LogP contribution is 2.40. The molecular formula is C33H34ClF2N3O4S. The first kappa shape index (κ1) is 31.7. The highest BCUT2D eigenvalue weighted by atomic mass is 35.5. The number of thiophene rings is 1. The largest absolute Gasteiger partial charge is 0.496 e. The van der Waals surface area contributed by atoms with E-state index >= 15 is 0 Å². The summed E-state index contributed by atoms with van der Waals surface area (Å²) < 4.78 is 40.3. The number of halogens is 3. The molecule has 44 heavy (non-hydrogen) atoms. The summed E-state index contributed by atoms with van der Waals surface area (Å²) in [5.74, 6) is -0.751. The van der Waals surface area contributed by atoms with E-state index in [1.165, 1.54) is 0 Å². The summed E-state index contributed by atoms with van der Waals surface area (Å²) in [6, 6.07) is 11.2. The van der Waals surface area contributed by atoms with Crippen molar-refractivity contribution in [1.29, 1.82) is 0 Å². The van der Waals surface area contributed by atoms with Gasteiger partial charge in [0.15, 0.2) is 0 Å². The number of amides is 2. The molecule has 11 heteroatoms. The van der Waals surface area contributed by atoms with Crippen molar-refractivity contribution < 1.29 is 27.8 Å². The molecule has 232 valence electrons. The lowest BCUT2D eigenvalue weighted by Gasteiger charge is -2.34. The Balaban J connectivity index is 1.49. The number of rotatable bonds is 7. The zero-order valence-electron chi connectivity index (χ0n) is 25.0. The van der Waals surface area contributed by atoms with Crippen molar-refractivity contribution in [2.45, 2.75) is 71.1 Å². The van der Waals surface area contributed by atoms with Gasteiger partial charge in [0.1, 0.15) is 33.7 Å². The molecule has 2 heterocycles. The van der Waals surface area contributed by atoms with Gasteiger partial charge in [0.05, 0.1) is 22.2 Å². The number of nitrogens with one attached hydrogen (secondary N) is 1. The van der Waals surface area contributed by atoms with Gasteiger partial charge in [-0.05, 0) is 81.1 Å². The Bertz CT molecular complexity index is 1700. The van der Waals surface area contributed by atoms with Gasteiger partial charge < -0.3 is 14.4 Å². The summed E-state index contributed by atoms with van der Waals surface area (Å²) in [7, 11) is 1.56. The lowest BCUT2D eigenvalue weighted by Crippen LogP contribution is -2.40. The normalized spacial score (nSPS) is 14.0. The van der Waals surface area contributed by atoms with E-state index in [1.54, 1.807) is 45.0 Å². The Hall–Kier alpha value is -3.76. The molecule has 1 aliphatic rings. The van der Waals surface area contributed by atoms with Crippen LogP contribution >= 0.6 is 22.9 Å². The van der Waals surface area contributed by atoms with E-state index in [4.69, 9.17) is 21.1 Å². The fourth-order valence-electron chi connectivity index (χ4n) is 5.48. The summed E-state index contributed by atoms with van der Waals surface area (Å²) in [4.78, 5) is 32.6. The second kappa shape index (κ2) is 13.1. The maximum atomic E-state index is 14.7.